The molecule has 1 aromatic heterocycles. The molecule has 0 aliphatic rings. The first kappa shape index (κ1) is 23.6. The summed E-state index contributed by atoms with van der Waals surface area (Å²) in [6.07, 6.45) is 0. The minimum Gasteiger partial charge on any atom is -0.493 e. The van der Waals surface area contributed by atoms with E-state index in [0.29, 0.717) is 36.4 Å². The third kappa shape index (κ3) is 5.80. The van der Waals surface area contributed by atoms with E-state index in [9.17, 15) is 4.79 Å². The van der Waals surface area contributed by atoms with Crippen LogP contribution in [0, 0.1) is 0 Å². The van der Waals surface area contributed by atoms with Crippen molar-refractivity contribution in [2.24, 2.45) is 0 Å². The first-order valence-corrected chi connectivity index (χ1v) is 11.1. The topological polar surface area (TPSA) is 78.7 Å². The Morgan fingerprint density at radius 3 is 2.47 bits per heavy atom. The summed E-state index contributed by atoms with van der Waals surface area (Å²) in [5.74, 6) is 2.30. The second-order valence-electron chi connectivity index (χ2n) is 7.04. The number of hydrogen-bond acceptors (Lipinski definition) is 7. The van der Waals surface area contributed by atoms with Crippen LogP contribution in [0.3, 0.4) is 0 Å². The third-order valence-corrected chi connectivity index (χ3v) is 5.84. The fourth-order valence-corrected chi connectivity index (χ4v) is 4.06. The van der Waals surface area contributed by atoms with Crippen molar-refractivity contribution in [3.05, 3.63) is 54.1 Å². The Balaban J connectivity index is 1.67. The molecule has 0 fully saturated rings. The van der Waals surface area contributed by atoms with Gasteiger partial charge in [-0.3, -0.25) is 9.36 Å². The molecule has 0 N–H and O–H groups in total. The van der Waals surface area contributed by atoms with Crippen LogP contribution in [0.25, 0.3) is 11.4 Å². The monoisotopic (exact) mass is 456 g/mol. The van der Waals surface area contributed by atoms with E-state index in [1.54, 1.807) is 33.3 Å². The Morgan fingerprint density at radius 2 is 1.78 bits per heavy atom. The highest BCUT2D eigenvalue weighted by Gasteiger charge is 2.17. The maximum Gasteiger partial charge on any atom is 0.233 e. The number of aromatic nitrogens is 3. The zero-order chi connectivity index (χ0) is 22.9. The summed E-state index contributed by atoms with van der Waals surface area (Å²) in [7, 11) is 6.63. The van der Waals surface area contributed by atoms with Crippen LogP contribution in [0.4, 0.5) is 0 Å². The Hall–Kier alpha value is -3.04. The molecule has 0 atom stereocenters. The van der Waals surface area contributed by atoms with E-state index >= 15 is 0 Å². The van der Waals surface area contributed by atoms with Crippen molar-refractivity contribution < 1.29 is 19.0 Å². The number of ether oxygens (including phenoxy) is 3. The number of methoxy groups -OCH3 is 3. The third-order valence-electron chi connectivity index (χ3n) is 4.89. The molecule has 0 aliphatic carbocycles. The lowest BCUT2D eigenvalue weighted by Gasteiger charge is -2.18. The van der Waals surface area contributed by atoms with Gasteiger partial charge in [0.05, 0.1) is 33.1 Å². The zero-order valence-electron chi connectivity index (χ0n) is 18.8. The summed E-state index contributed by atoms with van der Waals surface area (Å²) in [5, 5.41) is 9.36. The molecule has 0 bridgehead atoms. The van der Waals surface area contributed by atoms with E-state index in [0.717, 1.165) is 17.0 Å². The molecule has 0 saturated carbocycles. The Bertz CT molecular complexity index is 1030. The average Bonchev–Trinajstić information content (AvgIpc) is 3.24. The molecule has 3 aromatic rings. The summed E-state index contributed by atoms with van der Waals surface area (Å²) in [5.41, 5.74) is 1.93. The lowest BCUT2D eigenvalue weighted by molar-refractivity contribution is -0.127. The molecule has 0 unspecified atom stereocenters. The molecule has 0 saturated heterocycles. The lowest BCUT2D eigenvalue weighted by Crippen LogP contribution is -2.28. The minimum absolute atomic E-state index is 0.00709. The maximum absolute atomic E-state index is 12.8. The van der Waals surface area contributed by atoms with E-state index in [2.05, 4.69) is 10.2 Å². The van der Waals surface area contributed by atoms with Gasteiger partial charge >= 0.3 is 0 Å². The van der Waals surface area contributed by atoms with Gasteiger partial charge in [0, 0.05) is 26.3 Å². The van der Waals surface area contributed by atoms with Gasteiger partial charge in [0.25, 0.3) is 0 Å². The molecule has 2 aromatic carbocycles. The molecule has 0 radical (unpaired) electrons. The van der Waals surface area contributed by atoms with Gasteiger partial charge in [-0.25, -0.2) is 0 Å². The number of rotatable bonds is 11. The first-order chi connectivity index (χ1) is 15.6. The van der Waals surface area contributed by atoms with Gasteiger partial charge in [0.15, 0.2) is 22.5 Å². The van der Waals surface area contributed by atoms with Crippen molar-refractivity contribution in [3.8, 4) is 22.9 Å². The van der Waals surface area contributed by atoms with Crippen LogP contribution in [0.15, 0.2) is 53.7 Å². The number of hydrogen-bond donors (Lipinski definition) is 0. The first-order valence-electron chi connectivity index (χ1n) is 10.1. The lowest BCUT2D eigenvalue weighted by atomic mass is 10.2. The van der Waals surface area contributed by atoms with Crippen molar-refractivity contribution in [2.75, 3.05) is 40.7 Å². The highest BCUT2D eigenvalue weighted by Crippen LogP contribution is 2.28. The largest absolute Gasteiger partial charge is 0.493 e. The molecular formula is C23H28N4O4S. The van der Waals surface area contributed by atoms with Gasteiger partial charge in [0.1, 0.15) is 0 Å². The van der Waals surface area contributed by atoms with E-state index in [4.69, 9.17) is 14.2 Å². The average molecular weight is 457 g/mol. The quantitative estimate of drug-likeness (QED) is 0.409. The minimum atomic E-state index is -0.00709. The number of carbonyl (C=O) groups is 1. The highest BCUT2D eigenvalue weighted by molar-refractivity contribution is 7.99. The smallest absolute Gasteiger partial charge is 0.233 e. The molecule has 0 aliphatic heterocycles. The molecule has 32 heavy (non-hydrogen) atoms. The van der Waals surface area contributed by atoms with E-state index in [1.807, 2.05) is 53.1 Å². The van der Waals surface area contributed by atoms with Crippen molar-refractivity contribution in [2.45, 2.75) is 18.2 Å². The molecular weight excluding hydrogens is 428 g/mol. The van der Waals surface area contributed by atoms with E-state index in [-0.39, 0.29) is 11.7 Å². The predicted octanol–water partition coefficient (Wildman–Crippen LogP) is 3.36. The van der Waals surface area contributed by atoms with E-state index in [1.165, 1.54) is 11.8 Å². The fourth-order valence-electron chi connectivity index (χ4n) is 3.16. The number of nitrogens with zero attached hydrogens (tertiary/aromatic N) is 4. The van der Waals surface area contributed by atoms with Crippen LogP contribution in [-0.2, 0) is 22.6 Å². The van der Waals surface area contributed by atoms with Crippen molar-refractivity contribution >= 4 is 17.7 Å². The second-order valence-corrected chi connectivity index (χ2v) is 7.99. The molecule has 8 nitrogen and oxygen atoms in total. The summed E-state index contributed by atoms with van der Waals surface area (Å²) in [6.45, 7) is 1.59. The van der Waals surface area contributed by atoms with E-state index < -0.39 is 0 Å². The second kappa shape index (κ2) is 11.5. The SMILES string of the molecule is COCCn1c(SCC(=O)N(C)Cc2ccc(OC)c(OC)c2)nnc1-c1ccccc1. The maximum atomic E-state index is 12.8. The van der Waals surface area contributed by atoms with Crippen LogP contribution in [0.1, 0.15) is 5.56 Å². The molecule has 1 heterocycles. The number of benzene rings is 2. The van der Waals surface area contributed by atoms with Gasteiger partial charge in [-0.15, -0.1) is 10.2 Å². The number of thioether (sulfide) groups is 1. The summed E-state index contributed by atoms with van der Waals surface area (Å²) in [4.78, 5) is 14.5. The fraction of sp³-hybridized carbons (Fsp3) is 0.348. The van der Waals surface area contributed by atoms with Crippen LogP contribution < -0.4 is 9.47 Å². The summed E-state index contributed by atoms with van der Waals surface area (Å²) < 4.78 is 17.9. The highest BCUT2D eigenvalue weighted by atomic mass is 32.2. The van der Waals surface area contributed by atoms with Crippen LogP contribution in [0.2, 0.25) is 0 Å². The number of amides is 1. The summed E-state index contributed by atoms with van der Waals surface area (Å²) >= 11 is 1.37. The van der Waals surface area contributed by atoms with Gasteiger partial charge in [-0.1, -0.05) is 48.2 Å². The van der Waals surface area contributed by atoms with Gasteiger partial charge in [-0.05, 0) is 17.7 Å². The van der Waals surface area contributed by atoms with Crippen molar-refractivity contribution in [1.82, 2.24) is 19.7 Å². The standard InChI is InChI=1S/C23H28N4O4S/c1-26(15-17-10-11-19(30-3)20(14-17)31-4)21(28)16-32-23-25-24-22(27(23)12-13-29-2)18-8-6-5-7-9-18/h5-11,14H,12-13,15-16H2,1-4H3. The van der Waals surface area contributed by atoms with Gasteiger partial charge < -0.3 is 19.1 Å². The molecule has 3 rings (SSSR count). The molecule has 1 amide bonds. The molecule has 0 spiro atoms. The van der Waals surface area contributed by atoms with Crippen LogP contribution in [0.5, 0.6) is 11.5 Å². The predicted molar refractivity (Wildman–Crippen MR) is 124 cm³/mol. The normalized spacial score (nSPS) is 10.8. The van der Waals surface area contributed by atoms with Crippen molar-refractivity contribution in [3.63, 3.8) is 0 Å². The summed E-state index contributed by atoms with van der Waals surface area (Å²) in [6, 6.07) is 15.5. The van der Waals surface area contributed by atoms with Gasteiger partial charge in [-0.2, -0.15) is 0 Å². The number of carbonyl (C=O) groups excluding carboxylic acids is 1. The van der Waals surface area contributed by atoms with Crippen LogP contribution >= 0.6 is 11.8 Å². The van der Waals surface area contributed by atoms with Crippen LogP contribution in [-0.4, -0.2) is 66.3 Å². The van der Waals surface area contributed by atoms with Crippen molar-refractivity contribution in [1.29, 1.82) is 0 Å². The zero-order valence-corrected chi connectivity index (χ0v) is 19.6. The Labute approximate surface area is 192 Å². The Kier molecular flexibility index (Phi) is 8.52. The Morgan fingerprint density at radius 1 is 1.03 bits per heavy atom. The molecule has 170 valence electrons. The van der Waals surface area contributed by atoms with Gasteiger partial charge in [0.2, 0.25) is 5.91 Å². The molecule has 9 heteroatoms.